The van der Waals surface area contributed by atoms with Gasteiger partial charge in [-0.25, -0.2) is 13.5 Å². The Bertz CT molecular complexity index is 1840. The fourth-order valence-electron chi connectivity index (χ4n) is 5.33. The third-order valence-electron chi connectivity index (χ3n) is 7.86. The topological polar surface area (TPSA) is 96.4 Å². The van der Waals surface area contributed by atoms with E-state index in [4.69, 9.17) is 11.6 Å². The summed E-state index contributed by atoms with van der Waals surface area (Å²) >= 11 is 6.77. The monoisotopic (exact) mass is 588 g/mol. The first kappa shape index (κ1) is 27.9. The fraction of sp³-hybridized carbons (Fsp3) is 0.355. The normalized spacial score (nSPS) is 15.2. The molecule has 1 atom stereocenters. The second-order valence-electron chi connectivity index (χ2n) is 12.2. The van der Waals surface area contributed by atoms with Gasteiger partial charge >= 0.3 is 0 Å². The Hall–Kier alpha value is -4.23. The molecule has 0 radical (unpaired) electrons. The van der Waals surface area contributed by atoms with Crippen LogP contribution in [0, 0.1) is 16.7 Å². The zero-order valence-electron chi connectivity index (χ0n) is 23.8. The summed E-state index contributed by atoms with van der Waals surface area (Å²) in [5.41, 5.74) is 3.39. The molecule has 0 aliphatic heterocycles. The van der Waals surface area contributed by atoms with Crippen molar-refractivity contribution >= 4 is 44.8 Å². The summed E-state index contributed by atoms with van der Waals surface area (Å²) < 4.78 is 31.2. The highest BCUT2D eigenvalue weighted by Crippen LogP contribution is 2.48. The van der Waals surface area contributed by atoms with Gasteiger partial charge in [0.25, 0.3) is 6.43 Å². The van der Waals surface area contributed by atoms with Crippen LogP contribution in [0.1, 0.15) is 56.5 Å². The van der Waals surface area contributed by atoms with Crippen molar-refractivity contribution in [3.63, 3.8) is 0 Å². The number of aryl methyl sites for hydroxylation is 1. The molecule has 3 aromatic heterocycles. The molecule has 8 nitrogen and oxygen atoms in total. The Labute approximate surface area is 247 Å². The number of fused-ring (bicyclic) bond motifs is 2. The molecule has 5 aromatic rings. The molecule has 6 rings (SSSR count). The molecule has 2 N–H and O–H groups in total. The zero-order valence-corrected chi connectivity index (χ0v) is 24.5. The quantitative estimate of drug-likeness (QED) is 0.198. The Balaban J connectivity index is 1.48. The van der Waals surface area contributed by atoms with Crippen LogP contribution in [0.15, 0.2) is 55.0 Å². The van der Waals surface area contributed by atoms with E-state index in [1.807, 2.05) is 48.1 Å². The average Bonchev–Trinajstić information content (AvgIpc) is 3.47. The summed E-state index contributed by atoms with van der Waals surface area (Å²) in [4.78, 5) is 4.47. The molecule has 3 heterocycles. The van der Waals surface area contributed by atoms with Crippen LogP contribution in [0.5, 0.6) is 0 Å². The number of rotatable bonds is 8. The van der Waals surface area contributed by atoms with Gasteiger partial charge in [-0.1, -0.05) is 49.7 Å². The van der Waals surface area contributed by atoms with E-state index >= 15 is 0 Å². The molecule has 1 fully saturated rings. The highest BCUT2D eigenvalue weighted by Gasteiger charge is 2.54. The molecule has 11 heteroatoms. The molecule has 0 bridgehead atoms. The maximum Gasteiger partial charge on any atom is 0.263 e. The lowest BCUT2D eigenvalue weighted by Crippen LogP contribution is -2.26. The SMILES string of the molecule is Cn1ccc2c([C@H](Nc3cc(Cl)c4ncc(C#N)c(NCC(C)(C)C)c4c3)c3cn(C4(C(F)F)CC4)nn3)cccc21. The Kier molecular flexibility index (Phi) is 6.81. The number of benzene rings is 2. The van der Waals surface area contributed by atoms with Crippen molar-refractivity contribution in [2.75, 3.05) is 17.2 Å². The Morgan fingerprint density at radius 2 is 1.95 bits per heavy atom. The highest BCUT2D eigenvalue weighted by atomic mass is 35.5. The number of hydrogen-bond donors (Lipinski definition) is 2. The molecular formula is C31H31ClF2N8. The minimum atomic E-state index is -2.53. The summed E-state index contributed by atoms with van der Waals surface area (Å²) in [6, 6.07) is 13.4. The van der Waals surface area contributed by atoms with E-state index in [0.717, 1.165) is 16.5 Å². The minimum Gasteiger partial charge on any atom is -0.383 e. The minimum absolute atomic E-state index is 0.0373. The van der Waals surface area contributed by atoms with Gasteiger partial charge < -0.3 is 15.2 Å². The van der Waals surface area contributed by atoms with Crippen LogP contribution in [0.3, 0.4) is 0 Å². The smallest absolute Gasteiger partial charge is 0.263 e. The molecule has 216 valence electrons. The third kappa shape index (κ3) is 4.92. The molecule has 42 heavy (non-hydrogen) atoms. The highest BCUT2D eigenvalue weighted by molar-refractivity contribution is 6.35. The first-order valence-corrected chi connectivity index (χ1v) is 14.2. The van der Waals surface area contributed by atoms with Crippen LogP contribution in [0.2, 0.25) is 5.02 Å². The van der Waals surface area contributed by atoms with Crippen molar-refractivity contribution in [3.05, 3.63) is 76.8 Å². The third-order valence-corrected chi connectivity index (χ3v) is 8.14. The number of nitrogens with zero attached hydrogens (tertiary/aromatic N) is 6. The lowest BCUT2D eigenvalue weighted by molar-refractivity contribution is 0.0593. The summed E-state index contributed by atoms with van der Waals surface area (Å²) in [7, 11) is 1.97. The number of pyridine rings is 1. The van der Waals surface area contributed by atoms with Crippen molar-refractivity contribution in [2.24, 2.45) is 12.5 Å². The van der Waals surface area contributed by atoms with Crippen LogP contribution < -0.4 is 10.6 Å². The summed E-state index contributed by atoms with van der Waals surface area (Å²) in [5, 5.41) is 27.5. The van der Waals surface area contributed by atoms with Crippen molar-refractivity contribution < 1.29 is 8.78 Å². The van der Waals surface area contributed by atoms with Gasteiger partial charge in [-0.2, -0.15) is 5.26 Å². The van der Waals surface area contributed by atoms with Crippen LogP contribution >= 0.6 is 11.6 Å². The fourth-order valence-corrected chi connectivity index (χ4v) is 5.60. The van der Waals surface area contributed by atoms with Gasteiger partial charge in [-0.05, 0) is 48.1 Å². The molecule has 0 spiro atoms. The van der Waals surface area contributed by atoms with E-state index in [1.54, 1.807) is 12.3 Å². The van der Waals surface area contributed by atoms with Crippen LogP contribution in [0.25, 0.3) is 21.8 Å². The predicted octanol–water partition coefficient (Wildman–Crippen LogP) is 7.26. The lowest BCUT2D eigenvalue weighted by Gasteiger charge is -2.23. The maximum atomic E-state index is 13.9. The van der Waals surface area contributed by atoms with Gasteiger partial charge in [0.15, 0.2) is 0 Å². The number of aromatic nitrogens is 5. The van der Waals surface area contributed by atoms with E-state index in [1.165, 1.54) is 10.9 Å². The van der Waals surface area contributed by atoms with Crippen LogP contribution in [-0.2, 0) is 12.6 Å². The first-order chi connectivity index (χ1) is 20.0. The number of nitrogens with one attached hydrogen (secondary N) is 2. The van der Waals surface area contributed by atoms with Gasteiger partial charge in [0, 0.05) is 48.0 Å². The molecule has 0 amide bonds. The molecule has 2 aromatic carbocycles. The largest absolute Gasteiger partial charge is 0.383 e. The van der Waals surface area contributed by atoms with Crippen LogP contribution in [0.4, 0.5) is 20.2 Å². The Morgan fingerprint density at radius 1 is 1.17 bits per heavy atom. The average molecular weight is 589 g/mol. The number of hydrogen-bond acceptors (Lipinski definition) is 6. The van der Waals surface area contributed by atoms with E-state index in [9.17, 15) is 14.0 Å². The summed E-state index contributed by atoms with van der Waals surface area (Å²) in [5.74, 6) is 0. The van der Waals surface area contributed by atoms with Gasteiger partial charge in [0.2, 0.25) is 0 Å². The maximum absolute atomic E-state index is 13.9. The van der Waals surface area contributed by atoms with Gasteiger partial charge in [-0.15, -0.1) is 5.10 Å². The first-order valence-electron chi connectivity index (χ1n) is 13.8. The summed E-state index contributed by atoms with van der Waals surface area (Å²) in [6.45, 7) is 6.95. The molecular weight excluding hydrogens is 558 g/mol. The van der Waals surface area contributed by atoms with Crippen LogP contribution in [-0.4, -0.2) is 37.5 Å². The molecule has 0 unspecified atom stereocenters. The van der Waals surface area contributed by atoms with E-state index in [-0.39, 0.29) is 5.41 Å². The Morgan fingerprint density at radius 3 is 2.64 bits per heavy atom. The van der Waals surface area contributed by atoms with E-state index in [0.29, 0.717) is 57.9 Å². The number of nitriles is 1. The number of anilines is 2. The van der Waals surface area contributed by atoms with Crippen molar-refractivity contribution in [1.82, 2.24) is 24.5 Å². The zero-order chi connectivity index (χ0) is 29.8. The molecule has 1 saturated carbocycles. The van der Waals surface area contributed by atoms with E-state index < -0.39 is 18.0 Å². The molecule has 0 saturated heterocycles. The molecule has 1 aliphatic rings. The second kappa shape index (κ2) is 10.2. The van der Waals surface area contributed by atoms with Gasteiger partial charge in [-0.3, -0.25) is 4.98 Å². The van der Waals surface area contributed by atoms with Gasteiger partial charge in [0.05, 0.1) is 34.0 Å². The predicted molar refractivity (Wildman–Crippen MR) is 161 cm³/mol. The second-order valence-corrected chi connectivity index (χ2v) is 12.6. The van der Waals surface area contributed by atoms with Gasteiger partial charge in [0.1, 0.15) is 17.3 Å². The number of alkyl halides is 2. The lowest BCUT2D eigenvalue weighted by atomic mass is 9.96. The van der Waals surface area contributed by atoms with Crippen molar-refractivity contribution in [1.29, 1.82) is 5.26 Å². The number of halogens is 3. The summed E-state index contributed by atoms with van der Waals surface area (Å²) in [6.07, 6.45) is 3.31. The molecule has 1 aliphatic carbocycles. The standard InChI is InChI=1S/C31H31ClF2N8/c1-30(2,3)17-37-26-18(14-35)15-36-27-22(26)12-19(13-23(27)32)38-28(21-6-5-7-25-20(21)8-11-41(25)4)24-16-42(40-39-24)31(9-10-31)29(33)34/h5-8,11-13,15-16,28-29,38H,9-10,17H2,1-4H3,(H,36,37)/t28-/m0/s1. The van der Waals surface area contributed by atoms with Crippen molar-refractivity contribution in [3.8, 4) is 6.07 Å². The van der Waals surface area contributed by atoms with E-state index in [2.05, 4.69) is 52.8 Å². The van der Waals surface area contributed by atoms with Crippen molar-refractivity contribution in [2.45, 2.75) is 51.6 Å².